The summed E-state index contributed by atoms with van der Waals surface area (Å²) in [6.07, 6.45) is 6.78. The minimum Gasteiger partial charge on any atom is -0.267 e. The number of hydrogen-bond donors (Lipinski definition) is 1. The van der Waals surface area contributed by atoms with E-state index >= 15 is 0 Å². The standard InChI is InChI=1S/C12H11N3OS2/c1-17-12-10(4-6-18-12)8-14-15-11(16)9-3-2-5-13-7-9/h2-8H,1H3,(H,15,16)/b14-8-. The van der Waals surface area contributed by atoms with Crippen LogP contribution < -0.4 is 5.43 Å². The van der Waals surface area contributed by atoms with Crippen molar-refractivity contribution in [3.05, 3.63) is 47.1 Å². The number of thioether (sulfide) groups is 1. The van der Waals surface area contributed by atoms with Gasteiger partial charge in [0, 0.05) is 18.0 Å². The van der Waals surface area contributed by atoms with Crippen LogP contribution >= 0.6 is 23.1 Å². The molecule has 0 saturated heterocycles. The highest BCUT2D eigenvalue weighted by Gasteiger charge is 2.03. The first-order valence-electron chi connectivity index (χ1n) is 5.16. The van der Waals surface area contributed by atoms with Crippen LogP contribution in [-0.4, -0.2) is 23.4 Å². The van der Waals surface area contributed by atoms with Crippen LogP contribution in [0.15, 0.2) is 45.3 Å². The van der Waals surface area contributed by atoms with Gasteiger partial charge in [0.15, 0.2) is 0 Å². The highest BCUT2D eigenvalue weighted by molar-refractivity contribution is 8.00. The third-order valence-electron chi connectivity index (χ3n) is 2.14. The summed E-state index contributed by atoms with van der Waals surface area (Å²) >= 11 is 3.32. The Labute approximate surface area is 113 Å². The average Bonchev–Trinajstić information content (AvgIpc) is 2.87. The van der Waals surface area contributed by atoms with Crippen molar-refractivity contribution < 1.29 is 4.79 Å². The molecule has 2 aromatic rings. The van der Waals surface area contributed by atoms with Crippen LogP contribution in [0.5, 0.6) is 0 Å². The maximum Gasteiger partial charge on any atom is 0.272 e. The minimum atomic E-state index is -0.264. The van der Waals surface area contributed by atoms with Gasteiger partial charge >= 0.3 is 0 Å². The Hall–Kier alpha value is -1.66. The third-order valence-corrected chi connectivity index (χ3v) is 4.25. The van der Waals surface area contributed by atoms with Gasteiger partial charge in [0.1, 0.15) is 0 Å². The van der Waals surface area contributed by atoms with E-state index in [9.17, 15) is 4.79 Å². The third kappa shape index (κ3) is 3.18. The van der Waals surface area contributed by atoms with Gasteiger partial charge in [-0.3, -0.25) is 9.78 Å². The normalized spacial score (nSPS) is 10.7. The molecule has 0 aliphatic carbocycles. The highest BCUT2D eigenvalue weighted by Crippen LogP contribution is 2.24. The van der Waals surface area contributed by atoms with E-state index in [-0.39, 0.29) is 5.91 Å². The van der Waals surface area contributed by atoms with Crippen molar-refractivity contribution in [1.29, 1.82) is 0 Å². The molecule has 92 valence electrons. The fraction of sp³-hybridized carbons (Fsp3) is 0.0833. The predicted molar refractivity (Wildman–Crippen MR) is 75.4 cm³/mol. The molecule has 0 aliphatic heterocycles. The topological polar surface area (TPSA) is 54.4 Å². The van der Waals surface area contributed by atoms with Crippen molar-refractivity contribution >= 4 is 35.2 Å². The predicted octanol–water partition coefficient (Wildman–Crippen LogP) is 2.63. The molecule has 2 heterocycles. The van der Waals surface area contributed by atoms with Crippen LogP contribution in [-0.2, 0) is 0 Å². The smallest absolute Gasteiger partial charge is 0.267 e. The van der Waals surface area contributed by atoms with Gasteiger partial charge in [0.05, 0.1) is 16.0 Å². The van der Waals surface area contributed by atoms with Crippen molar-refractivity contribution in [1.82, 2.24) is 10.4 Å². The number of aromatic nitrogens is 1. The lowest BCUT2D eigenvalue weighted by atomic mass is 10.3. The maximum atomic E-state index is 11.7. The number of thiophene rings is 1. The van der Waals surface area contributed by atoms with Crippen LogP contribution in [0.1, 0.15) is 15.9 Å². The van der Waals surface area contributed by atoms with E-state index in [1.165, 1.54) is 10.4 Å². The Kier molecular flexibility index (Phi) is 4.49. The van der Waals surface area contributed by atoms with E-state index in [4.69, 9.17) is 0 Å². The Morgan fingerprint density at radius 1 is 1.56 bits per heavy atom. The molecule has 0 radical (unpaired) electrons. The Morgan fingerprint density at radius 3 is 3.17 bits per heavy atom. The van der Waals surface area contributed by atoms with Crippen molar-refractivity contribution in [2.75, 3.05) is 6.26 Å². The van der Waals surface area contributed by atoms with Crippen LogP contribution in [0.4, 0.5) is 0 Å². The van der Waals surface area contributed by atoms with Gasteiger partial charge in [-0.25, -0.2) is 5.43 Å². The molecule has 0 unspecified atom stereocenters. The fourth-order valence-electron chi connectivity index (χ4n) is 1.29. The lowest BCUT2D eigenvalue weighted by Crippen LogP contribution is -2.17. The second-order valence-electron chi connectivity index (χ2n) is 3.31. The molecule has 2 aromatic heterocycles. The molecule has 2 rings (SSSR count). The number of carbonyl (C=O) groups excluding carboxylic acids is 1. The maximum absolute atomic E-state index is 11.7. The van der Waals surface area contributed by atoms with Crippen LogP contribution in [0.2, 0.25) is 0 Å². The summed E-state index contributed by atoms with van der Waals surface area (Å²) in [6, 6.07) is 5.37. The number of amides is 1. The fourth-order valence-corrected chi connectivity index (χ4v) is 2.79. The van der Waals surface area contributed by atoms with Gasteiger partial charge in [-0.2, -0.15) is 5.10 Å². The largest absolute Gasteiger partial charge is 0.272 e. The van der Waals surface area contributed by atoms with Crippen LogP contribution in [0, 0.1) is 0 Å². The molecule has 1 N–H and O–H groups in total. The second kappa shape index (κ2) is 6.32. The van der Waals surface area contributed by atoms with Crippen LogP contribution in [0.25, 0.3) is 0 Å². The van der Waals surface area contributed by atoms with Gasteiger partial charge in [0.2, 0.25) is 0 Å². The van der Waals surface area contributed by atoms with Crippen molar-refractivity contribution in [2.45, 2.75) is 4.21 Å². The van der Waals surface area contributed by atoms with Crippen molar-refractivity contribution in [3.8, 4) is 0 Å². The van der Waals surface area contributed by atoms with E-state index in [2.05, 4.69) is 15.5 Å². The minimum absolute atomic E-state index is 0.264. The van der Waals surface area contributed by atoms with Gasteiger partial charge < -0.3 is 0 Å². The molecule has 0 fully saturated rings. The molecule has 0 saturated carbocycles. The zero-order chi connectivity index (χ0) is 12.8. The molecule has 0 spiro atoms. The van der Waals surface area contributed by atoms with E-state index < -0.39 is 0 Å². The van der Waals surface area contributed by atoms with E-state index in [0.717, 1.165) is 5.56 Å². The Bertz CT molecular complexity index is 551. The summed E-state index contributed by atoms with van der Waals surface area (Å²) < 4.78 is 1.18. The monoisotopic (exact) mass is 277 g/mol. The summed E-state index contributed by atoms with van der Waals surface area (Å²) in [6.45, 7) is 0. The molecule has 0 bridgehead atoms. The summed E-state index contributed by atoms with van der Waals surface area (Å²) in [7, 11) is 0. The number of pyridine rings is 1. The summed E-state index contributed by atoms with van der Waals surface area (Å²) in [4.78, 5) is 15.5. The van der Waals surface area contributed by atoms with Crippen molar-refractivity contribution in [3.63, 3.8) is 0 Å². The number of nitrogens with one attached hydrogen (secondary N) is 1. The zero-order valence-corrected chi connectivity index (χ0v) is 11.3. The van der Waals surface area contributed by atoms with Crippen molar-refractivity contribution in [2.24, 2.45) is 5.10 Å². The van der Waals surface area contributed by atoms with E-state index in [1.807, 2.05) is 17.7 Å². The number of hydrazone groups is 1. The van der Waals surface area contributed by atoms with Gasteiger partial charge in [0.25, 0.3) is 5.91 Å². The number of hydrogen-bond acceptors (Lipinski definition) is 5. The average molecular weight is 277 g/mol. The lowest BCUT2D eigenvalue weighted by molar-refractivity contribution is 0.0955. The Morgan fingerprint density at radius 2 is 2.44 bits per heavy atom. The van der Waals surface area contributed by atoms with Gasteiger partial charge in [-0.15, -0.1) is 23.1 Å². The number of nitrogens with zero attached hydrogens (tertiary/aromatic N) is 2. The molecule has 0 aliphatic rings. The molecule has 0 atom stereocenters. The van der Waals surface area contributed by atoms with Gasteiger partial charge in [-0.1, -0.05) is 0 Å². The number of rotatable bonds is 4. The summed E-state index contributed by atoms with van der Waals surface area (Å²) in [5.41, 5.74) is 3.98. The summed E-state index contributed by atoms with van der Waals surface area (Å²) in [5, 5.41) is 5.94. The Balaban J connectivity index is 1.98. The first kappa shape index (κ1) is 12.8. The molecular formula is C12H11N3OS2. The van der Waals surface area contributed by atoms with Gasteiger partial charge in [-0.05, 0) is 29.8 Å². The second-order valence-corrected chi connectivity index (χ2v) is 5.30. The highest BCUT2D eigenvalue weighted by atomic mass is 32.2. The molecule has 4 nitrogen and oxygen atoms in total. The molecule has 1 amide bonds. The SMILES string of the molecule is CSc1sccc1/C=N\NC(=O)c1cccnc1. The van der Waals surface area contributed by atoms with E-state index in [1.54, 1.807) is 47.6 Å². The lowest BCUT2D eigenvalue weighted by Gasteiger charge is -1.98. The quantitative estimate of drug-likeness (QED) is 0.531. The van der Waals surface area contributed by atoms with Crippen LogP contribution in [0.3, 0.4) is 0 Å². The summed E-state index contributed by atoms with van der Waals surface area (Å²) in [5.74, 6) is -0.264. The molecule has 18 heavy (non-hydrogen) atoms. The molecule has 6 heteroatoms. The van der Waals surface area contributed by atoms with E-state index in [0.29, 0.717) is 5.56 Å². The zero-order valence-electron chi connectivity index (χ0n) is 9.66. The molecular weight excluding hydrogens is 266 g/mol. The first-order chi connectivity index (χ1) is 8.81. The number of carbonyl (C=O) groups is 1. The molecule has 0 aromatic carbocycles. The first-order valence-corrected chi connectivity index (χ1v) is 7.26.